The number of hydrogen-bond donors (Lipinski definition) is 0. The molecule has 29 heavy (non-hydrogen) atoms. The Labute approximate surface area is 173 Å². The Kier molecular flexibility index (Phi) is 5.24. The van der Waals surface area contributed by atoms with Gasteiger partial charge in [0.25, 0.3) is 11.5 Å². The zero-order chi connectivity index (χ0) is 20.5. The molecular weight excluding hydrogens is 384 g/mol. The van der Waals surface area contributed by atoms with E-state index in [0.29, 0.717) is 15.9 Å². The lowest BCUT2D eigenvalue weighted by Crippen LogP contribution is -2.40. The Bertz CT molecular complexity index is 1180. The molecule has 0 aliphatic carbocycles. The molecule has 1 atom stereocenters. The summed E-state index contributed by atoms with van der Waals surface area (Å²) >= 11 is 1.58. The van der Waals surface area contributed by atoms with Crippen molar-refractivity contribution in [2.24, 2.45) is 12.0 Å². The summed E-state index contributed by atoms with van der Waals surface area (Å²) in [5.74, 6) is 0.566. The Morgan fingerprint density at radius 3 is 2.69 bits per heavy atom. The molecule has 1 aliphatic rings. The van der Waals surface area contributed by atoms with Gasteiger partial charge in [0.15, 0.2) is 10.9 Å². The van der Waals surface area contributed by atoms with Crippen LogP contribution < -0.4 is 5.56 Å². The summed E-state index contributed by atoms with van der Waals surface area (Å²) in [7, 11) is 1.57. The van der Waals surface area contributed by atoms with Gasteiger partial charge in [-0.2, -0.15) is 5.10 Å². The topological polar surface area (TPSA) is 67.6 Å². The average Bonchev–Trinajstić information content (AvgIpc) is 3.12. The third-order valence-corrected chi connectivity index (χ3v) is 6.15. The van der Waals surface area contributed by atoms with Crippen LogP contribution in [0.25, 0.3) is 10.8 Å². The Balaban J connectivity index is 1.83. The van der Waals surface area contributed by atoms with Crippen molar-refractivity contribution >= 4 is 39.3 Å². The Hall–Kier alpha value is -2.93. The summed E-state index contributed by atoms with van der Waals surface area (Å²) in [6.07, 6.45) is 0.815. The van der Waals surface area contributed by atoms with Crippen molar-refractivity contribution in [3.8, 4) is 0 Å². The fourth-order valence-electron chi connectivity index (χ4n) is 3.49. The van der Waals surface area contributed by atoms with E-state index in [1.165, 1.54) is 4.68 Å². The van der Waals surface area contributed by atoms with Crippen molar-refractivity contribution in [1.29, 1.82) is 0 Å². The molecule has 1 aliphatic heterocycles. The summed E-state index contributed by atoms with van der Waals surface area (Å²) < 4.78 is 1.23. The second-order valence-corrected chi connectivity index (χ2v) is 8.09. The highest BCUT2D eigenvalue weighted by atomic mass is 32.2. The molecular formula is C22H22N4O2S. The molecule has 1 fully saturated rings. The van der Waals surface area contributed by atoms with Crippen LogP contribution in [0.4, 0.5) is 5.69 Å². The van der Waals surface area contributed by atoms with Gasteiger partial charge in [0.05, 0.1) is 11.1 Å². The van der Waals surface area contributed by atoms with Gasteiger partial charge in [-0.25, -0.2) is 9.67 Å². The minimum Gasteiger partial charge on any atom is -0.282 e. The van der Waals surface area contributed by atoms with Crippen molar-refractivity contribution < 1.29 is 4.79 Å². The molecule has 6 nitrogen and oxygen atoms in total. The molecule has 0 radical (unpaired) electrons. The number of hydrogen-bond acceptors (Lipinski definition) is 5. The molecule has 0 saturated carbocycles. The lowest BCUT2D eigenvalue weighted by Gasteiger charge is -2.23. The van der Waals surface area contributed by atoms with Crippen molar-refractivity contribution in [1.82, 2.24) is 14.7 Å². The van der Waals surface area contributed by atoms with E-state index in [9.17, 15) is 9.59 Å². The van der Waals surface area contributed by atoms with E-state index in [0.717, 1.165) is 23.4 Å². The molecule has 4 rings (SSSR count). The highest BCUT2D eigenvalue weighted by Crippen LogP contribution is 2.31. The quantitative estimate of drug-likeness (QED) is 0.662. The van der Waals surface area contributed by atoms with Crippen molar-refractivity contribution in [3.05, 3.63) is 70.1 Å². The van der Waals surface area contributed by atoms with Crippen LogP contribution in [0.3, 0.4) is 0 Å². The molecule has 1 saturated heterocycles. The smallest absolute Gasteiger partial charge is 0.281 e. The maximum atomic E-state index is 13.6. The monoisotopic (exact) mass is 406 g/mol. The van der Waals surface area contributed by atoms with Crippen LogP contribution in [-0.4, -0.2) is 37.5 Å². The van der Waals surface area contributed by atoms with Crippen LogP contribution in [0, 0.1) is 6.92 Å². The van der Waals surface area contributed by atoms with Crippen LogP contribution in [0.5, 0.6) is 0 Å². The van der Waals surface area contributed by atoms with Gasteiger partial charge in [-0.3, -0.25) is 14.5 Å². The molecule has 0 N–H and O–H groups in total. The van der Waals surface area contributed by atoms with Gasteiger partial charge in [-0.15, -0.1) is 0 Å². The predicted octanol–water partition coefficient (Wildman–Crippen LogP) is 3.90. The SMILES string of the molecule is CCC1CSC(=Nc2cccc(C)c2)N1C(=O)c1nn(C)c(=O)c2ccccc12. The zero-order valence-corrected chi connectivity index (χ0v) is 17.4. The first kappa shape index (κ1) is 19.4. The molecule has 0 spiro atoms. The van der Waals surface area contributed by atoms with E-state index in [-0.39, 0.29) is 23.2 Å². The van der Waals surface area contributed by atoms with Crippen LogP contribution in [0.2, 0.25) is 0 Å². The summed E-state index contributed by atoms with van der Waals surface area (Å²) in [5, 5.41) is 6.05. The fourth-order valence-corrected chi connectivity index (χ4v) is 4.76. The van der Waals surface area contributed by atoms with E-state index < -0.39 is 0 Å². The number of carbonyl (C=O) groups excluding carboxylic acids is 1. The molecule has 7 heteroatoms. The van der Waals surface area contributed by atoms with Gasteiger partial charge in [-0.1, -0.05) is 49.0 Å². The first-order chi connectivity index (χ1) is 14.0. The molecule has 2 aromatic carbocycles. The normalized spacial score (nSPS) is 18.0. The summed E-state index contributed by atoms with van der Waals surface area (Å²) in [6.45, 7) is 4.08. The van der Waals surface area contributed by atoms with E-state index in [1.807, 2.05) is 37.3 Å². The number of amidine groups is 1. The predicted molar refractivity (Wildman–Crippen MR) is 118 cm³/mol. The second kappa shape index (κ2) is 7.83. The number of carbonyl (C=O) groups is 1. The highest BCUT2D eigenvalue weighted by molar-refractivity contribution is 8.14. The molecule has 148 valence electrons. The average molecular weight is 407 g/mol. The van der Waals surface area contributed by atoms with Gasteiger partial charge in [0.1, 0.15) is 0 Å². The van der Waals surface area contributed by atoms with E-state index in [2.05, 4.69) is 12.0 Å². The molecule has 1 amide bonds. The van der Waals surface area contributed by atoms with Gasteiger partial charge in [0, 0.05) is 24.2 Å². The highest BCUT2D eigenvalue weighted by Gasteiger charge is 2.36. The fraction of sp³-hybridized carbons (Fsp3) is 0.273. The molecule has 1 unspecified atom stereocenters. The Morgan fingerprint density at radius 1 is 1.21 bits per heavy atom. The molecule has 0 bridgehead atoms. The number of amides is 1. The minimum absolute atomic E-state index is 0.0360. The van der Waals surface area contributed by atoms with Crippen LogP contribution in [0.1, 0.15) is 29.4 Å². The summed E-state index contributed by atoms with van der Waals surface area (Å²) in [4.78, 5) is 32.5. The lowest BCUT2D eigenvalue weighted by atomic mass is 10.1. The number of aromatic nitrogens is 2. The van der Waals surface area contributed by atoms with Gasteiger partial charge >= 0.3 is 0 Å². The second-order valence-electron chi connectivity index (χ2n) is 7.10. The first-order valence-electron chi connectivity index (χ1n) is 9.57. The summed E-state index contributed by atoms with van der Waals surface area (Å²) in [6, 6.07) is 15.1. The van der Waals surface area contributed by atoms with Crippen molar-refractivity contribution in [2.45, 2.75) is 26.3 Å². The van der Waals surface area contributed by atoms with E-state index in [4.69, 9.17) is 4.99 Å². The number of nitrogens with zero attached hydrogens (tertiary/aromatic N) is 4. The number of fused-ring (bicyclic) bond motifs is 1. The molecule has 2 heterocycles. The maximum Gasteiger partial charge on any atom is 0.281 e. The molecule has 1 aromatic heterocycles. The maximum absolute atomic E-state index is 13.6. The van der Waals surface area contributed by atoms with Gasteiger partial charge in [-0.05, 0) is 37.1 Å². The zero-order valence-electron chi connectivity index (χ0n) is 16.6. The number of rotatable bonds is 3. The third kappa shape index (κ3) is 3.58. The van der Waals surface area contributed by atoms with Crippen molar-refractivity contribution in [3.63, 3.8) is 0 Å². The third-order valence-electron chi connectivity index (χ3n) is 5.05. The molecule has 3 aromatic rings. The largest absolute Gasteiger partial charge is 0.282 e. The number of aliphatic imine (C=N–C) groups is 1. The van der Waals surface area contributed by atoms with E-state index in [1.54, 1.807) is 41.9 Å². The standard InChI is InChI=1S/C22H22N4O2S/c1-4-16-13-29-22(23-15-9-7-8-14(2)12-15)26(16)21(28)19-17-10-5-6-11-18(17)20(27)25(3)24-19/h5-12,16H,4,13H2,1-3H3. The van der Waals surface area contributed by atoms with Crippen LogP contribution >= 0.6 is 11.8 Å². The lowest BCUT2D eigenvalue weighted by molar-refractivity contribution is 0.0813. The number of benzene rings is 2. The minimum atomic E-state index is -0.222. The van der Waals surface area contributed by atoms with Gasteiger partial charge in [0.2, 0.25) is 0 Å². The summed E-state index contributed by atoms with van der Waals surface area (Å²) in [5.41, 5.74) is 2.00. The van der Waals surface area contributed by atoms with E-state index >= 15 is 0 Å². The first-order valence-corrected chi connectivity index (χ1v) is 10.6. The van der Waals surface area contributed by atoms with Crippen molar-refractivity contribution in [2.75, 3.05) is 5.75 Å². The number of aryl methyl sites for hydroxylation is 2. The van der Waals surface area contributed by atoms with Crippen LogP contribution in [-0.2, 0) is 7.05 Å². The van der Waals surface area contributed by atoms with Gasteiger partial charge < -0.3 is 0 Å². The number of thioether (sulfide) groups is 1. The Morgan fingerprint density at radius 2 is 1.97 bits per heavy atom. The van der Waals surface area contributed by atoms with Crippen LogP contribution in [0.15, 0.2) is 58.3 Å².